The molecule has 1 atom stereocenters. The predicted octanol–water partition coefficient (Wildman–Crippen LogP) is 2.19. The summed E-state index contributed by atoms with van der Waals surface area (Å²) < 4.78 is 0. The molecule has 1 rings (SSSR count). The first-order chi connectivity index (χ1) is 7.50. The molecule has 1 aromatic heterocycles. The molecule has 1 unspecified atom stereocenters. The van der Waals surface area contributed by atoms with Gasteiger partial charge < -0.3 is 10.2 Å². The number of aromatic nitrogens is 2. The molecule has 0 aliphatic carbocycles. The van der Waals surface area contributed by atoms with E-state index in [9.17, 15) is 0 Å². The first-order valence-corrected chi connectivity index (χ1v) is 5.78. The Hall–Kier alpha value is -0.870. The van der Waals surface area contributed by atoms with Crippen molar-refractivity contribution in [3.05, 3.63) is 17.0 Å². The fourth-order valence-corrected chi connectivity index (χ4v) is 1.39. The third-order valence-electron chi connectivity index (χ3n) is 2.60. The number of hydrogen-bond acceptors (Lipinski definition) is 4. The highest BCUT2D eigenvalue weighted by Crippen LogP contribution is 2.17. The number of nitrogens with zero attached hydrogens (tertiary/aromatic N) is 3. The fourth-order valence-electron chi connectivity index (χ4n) is 1.24. The van der Waals surface area contributed by atoms with Crippen molar-refractivity contribution in [2.75, 3.05) is 26.0 Å². The Labute approximate surface area is 102 Å². The minimum atomic E-state index is 0.536. The lowest BCUT2D eigenvalue weighted by Crippen LogP contribution is -2.26. The van der Waals surface area contributed by atoms with E-state index in [2.05, 4.69) is 41.2 Å². The van der Waals surface area contributed by atoms with Crippen molar-refractivity contribution in [3.8, 4) is 0 Å². The highest BCUT2D eigenvalue weighted by atomic mass is 35.5. The molecular formula is C11H19ClN4. The van der Waals surface area contributed by atoms with Crippen LogP contribution < -0.4 is 5.32 Å². The van der Waals surface area contributed by atoms with Crippen molar-refractivity contribution in [2.45, 2.75) is 26.3 Å². The van der Waals surface area contributed by atoms with E-state index >= 15 is 0 Å². The van der Waals surface area contributed by atoms with Crippen LogP contribution >= 0.6 is 11.6 Å². The maximum Gasteiger partial charge on any atom is 0.148 e. The van der Waals surface area contributed by atoms with E-state index in [0.29, 0.717) is 11.1 Å². The molecule has 0 fully saturated rings. The Kier molecular flexibility index (Phi) is 4.96. The molecule has 16 heavy (non-hydrogen) atoms. The third kappa shape index (κ3) is 3.94. The lowest BCUT2D eigenvalue weighted by atomic mass is 10.2. The summed E-state index contributed by atoms with van der Waals surface area (Å²) >= 11 is 5.98. The van der Waals surface area contributed by atoms with Gasteiger partial charge in [-0.05, 0) is 34.4 Å². The molecule has 0 aromatic carbocycles. The summed E-state index contributed by atoms with van der Waals surface area (Å²) in [6, 6.07) is 0.536. The van der Waals surface area contributed by atoms with Gasteiger partial charge in [-0.2, -0.15) is 0 Å². The van der Waals surface area contributed by atoms with Crippen molar-refractivity contribution < 1.29 is 0 Å². The molecule has 1 heterocycles. The standard InChI is InChI=1S/C11H19ClN4/c1-8(16(3)4)5-6-13-11-10(12)7-14-9(2)15-11/h7-8H,5-6H2,1-4H3,(H,13,14,15). The smallest absolute Gasteiger partial charge is 0.148 e. The normalized spacial score (nSPS) is 12.9. The van der Waals surface area contributed by atoms with Crippen molar-refractivity contribution in [1.82, 2.24) is 14.9 Å². The second kappa shape index (κ2) is 6.01. The van der Waals surface area contributed by atoms with Gasteiger partial charge in [-0.1, -0.05) is 11.6 Å². The van der Waals surface area contributed by atoms with Gasteiger partial charge >= 0.3 is 0 Å². The molecule has 4 nitrogen and oxygen atoms in total. The molecule has 1 aromatic rings. The molecule has 0 aliphatic heterocycles. The van der Waals surface area contributed by atoms with Gasteiger partial charge in [-0.25, -0.2) is 9.97 Å². The highest BCUT2D eigenvalue weighted by Gasteiger charge is 2.06. The van der Waals surface area contributed by atoms with Crippen LogP contribution in [0.2, 0.25) is 5.02 Å². The van der Waals surface area contributed by atoms with Crippen molar-refractivity contribution in [1.29, 1.82) is 0 Å². The number of nitrogens with one attached hydrogen (secondary N) is 1. The number of halogens is 1. The minimum Gasteiger partial charge on any atom is -0.369 e. The molecule has 0 spiro atoms. The van der Waals surface area contributed by atoms with Gasteiger partial charge in [-0.15, -0.1) is 0 Å². The van der Waals surface area contributed by atoms with Gasteiger partial charge in [0.15, 0.2) is 0 Å². The SMILES string of the molecule is Cc1ncc(Cl)c(NCCC(C)N(C)C)n1. The summed E-state index contributed by atoms with van der Waals surface area (Å²) in [5, 5.41) is 3.80. The second-order valence-corrected chi connectivity index (χ2v) is 4.55. The van der Waals surface area contributed by atoms with Gasteiger partial charge in [0.25, 0.3) is 0 Å². The Balaban J connectivity index is 2.45. The topological polar surface area (TPSA) is 41.1 Å². The summed E-state index contributed by atoms with van der Waals surface area (Å²) in [5.41, 5.74) is 0. The highest BCUT2D eigenvalue weighted by molar-refractivity contribution is 6.32. The van der Waals surface area contributed by atoms with Crippen LogP contribution in [0.1, 0.15) is 19.2 Å². The van der Waals surface area contributed by atoms with E-state index in [1.165, 1.54) is 0 Å². The average molecular weight is 243 g/mol. The summed E-state index contributed by atoms with van der Waals surface area (Å²) in [5.74, 6) is 1.45. The van der Waals surface area contributed by atoms with Crippen LogP contribution in [0.5, 0.6) is 0 Å². The van der Waals surface area contributed by atoms with Crippen LogP contribution in [0.4, 0.5) is 5.82 Å². The first-order valence-electron chi connectivity index (χ1n) is 5.40. The maximum atomic E-state index is 5.98. The zero-order valence-corrected chi connectivity index (χ0v) is 11.0. The molecule has 0 radical (unpaired) electrons. The van der Waals surface area contributed by atoms with E-state index in [-0.39, 0.29) is 0 Å². The number of aryl methyl sites for hydroxylation is 1. The van der Waals surface area contributed by atoms with E-state index in [1.807, 2.05) is 6.92 Å². The van der Waals surface area contributed by atoms with Crippen LogP contribution in [-0.4, -0.2) is 41.5 Å². The summed E-state index contributed by atoms with van der Waals surface area (Å²) in [6.45, 7) is 4.90. The van der Waals surface area contributed by atoms with Gasteiger partial charge in [0.2, 0.25) is 0 Å². The molecule has 90 valence electrons. The van der Waals surface area contributed by atoms with Gasteiger partial charge in [0.05, 0.1) is 6.20 Å². The minimum absolute atomic E-state index is 0.536. The van der Waals surface area contributed by atoms with Crippen LogP contribution in [-0.2, 0) is 0 Å². The lowest BCUT2D eigenvalue weighted by molar-refractivity contribution is 0.304. The maximum absolute atomic E-state index is 5.98. The third-order valence-corrected chi connectivity index (χ3v) is 2.88. The number of hydrogen-bond donors (Lipinski definition) is 1. The molecule has 5 heteroatoms. The molecule has 0 aliphatic rings. The van der Waals surface area contributed by atoms with Crippen LogP contribution in [0.15, 0.2) is 6.20 Å². The van der Waals surface area contributed by atoms with Crippen molar-refractivity contribution in [2.24, 2.45) is 0 Å². The van der Waals surface area contributed by atoms with Crippen LogP contribution in [0.25, 0.3) is 0 Å². The average Bonchev–Trinajstić information content (AvgIpc) is 2.22. The van der Waals surface area contributed by atoms with Gasteiger partial charge in [0, 0.05) is 12.6 Å². The van der Waals surface area contributed by atoms with Gasteiger partial charge in [-0.3, -0.25) is 0 Å². The summed E-state index contributed by atoms with van der Waals surface area (Å²) in [6.07, 6.45) is 2.67. The zero-order chi connectivity index (χ0) is 12.1. The van der Waals surface area contributed by atoms with Gasteiger partial charge in [0.1, 0.15) is 16.7 Å². The molecule has 0 saturated carbocycles. The largest absolute Gasteiger partial charge is 0.369 e. The van der Waals surface area contributed by atoms with E-state index in [4.69, 9.17) is 11.6 Å². The monoisotopic (exact) mass is 242 g/mol. The van der Waals surface area contributed by atoms with Crippen LogP contribution in [0.3, 0.4) is 0 Å². The first kappa shape index (κ1) is 13.2. The lowest BCUT2D eigenvalue weighted by Gasteiger charge is -2.19. The van der Waals surface area contributed by atoms with E-state index in [0.717, 1.165) is 24.6 Å². The second-order valence-electron chi connectivity index (χ2n) is 4.14. The molecule has 1 N–H and O–H groups in total. The predicted molar refractivity (Wildman–Crippen MR) is 68.0 cm³/mol. The Morgan fingerprint density at radius 1 is 1.50 bits per heavy atom. The Bertz CT molecular complexity index is 341. The Morgan fingerprint density at radius 3 is 2.81 bits per heavy atom. The fraction of sp³-hybridized carbons (Fsp3) is 0.636. The number of rotatable bonds is 5. The van der Waals surface area contributed by atoms with Crippen LogP contribution in [0, 0.1) is 6.92 Å². The molecule has 0 saturated heterocycles. The summed E-state index contributed by atoms with van der Waals surface area (Å²) in [4.78, 5) is 10.5. The van der Waals surface area contributed by atoms with Crippen molar-refractivity contribution in [3.63, 3.8) is 0 Å². The molecular weight excluding hydrogens is 224 g/mol. The number of anilines is 1. The van der Waals surface area contributed by atoms with E-state index in [1.54, 1.807) is 6.20 Å². The quantitative estimate of drug-likeness (QED) is 0.860. The molecule has 0 amide bonds. The van der Waals surface area contributed by atoms with E-state index < -0.39 is 0 Å². The Morgan fingerprint density at radius 2 is 2.19 bits per heavy atom. The summed E-state index contributed by atoms with van der Waals surface area (Å²) in [7, 11) is 4.15. The van der Waals surface area contributed by atoms with Crippen molar-refractivity contribution >= 4 is 17.4 Å². The molecule has 0 bridgehead atoms. The zero-order valence-electron chi connectivity index (χ0n) is 10.3.